The summed E-state index contributed by atoms with van der Waals surface area (Å²) in [6, 6.07) is 14.1. The number of ether oxygens (including phenoxy) is 1. The van der Waals surface area contributed by atoms with Crippen molar-refractivity contribution in [1.82, 2.24) is 4.90 Å². The molecule has 8 heteroatoms. The van der Waals surface area contributed by atoms with E-state index in [1.54, 1.807) is 18.2 Å². The lowest BCUT2D eigenvalue weighted by molar-refractivity contribution is -0.385. The number of piperazine rings is 1. The van der Waals surface area contributed by atoms with Crippen LogP contribution in [-0.2, 0) is 4.79 Å². The molecule has 0 atom stereocenters. The van der Waals surface area contributed by atoms with Crippen molar-refractivity contribution >= 4 is 23.0 Å². The summed E-state index contributed by atoms with van der Waals surface area (Å²) in [5, 5.41) is 13.8. The van der Waals surface area contributed by atoms with Crippen LogP contribution in [0.1, 0.15) is 12.8 Å². The zero-order valence-corrected chi connectivity index (χ0v) is 16.5. The fourth-order valence-corrected chi connectivity index (χ4v) is 3.19. The predicted molar refractivity (Wildman–Crippen MR) is 113 cm³/mol. The number of para-hydroxylation sites is 2. The molecule has 1 fully saturated rings. The number of hydrogen-bond donors (Lipinski definition) is 1. The Labute approximate surface area is 170 Å². The molecule has 0 aliphatic carbocycles. The van der Waals surface area contributed by atoms with E-state index in [0.717, 1.165) is 37.6 Å². The van der Waals surface area contributed by atoms with E-state index in [-0.39, 0.29) is 30.4 Å². The molecule has 1 saturated heterocycles. The van der Waals surface area contributed by atoms with Gasteiger partial charge in [0, 0.05) is 50.0 Å². The van der Waals surface area contributed by atoms with Gasteiger partial charge in [-0.3, -0.25) is 14.9 Å². The first kappa shape index (κ1) is 20.6. The highest BCUT2D eigenvalue weighted by atomic mass is 16.6. The van der Waals surface area contributed by atoms with Crippen molar-refractivity contribution in [3.63, 3.8) is 0 Å². The van der Waals surface area contributed by atoms with Crippen molar-refractivity contribution < 1.29 is 14.5 Å². The van der Waals surface area contributed by atoms with Crippen molar-refractivity contribution in [1.29, 1.82) is 0 Å². The number of amides is 1. The van der Waals surface area contributed by atoms with Gasteiger partial charge in [0.25, 0.3) is 0 Å². The summed E-state index contributed by atoms with van der Waals surface area (Å²) in [6.45, 7) is 4.34. The molecule has 3 rings (SSSR count). The Balaban J connectivity index is 1.41. The molecule has 29 heavy (non-hydrogen) atoms. The third kappa shape index (κ3) is 5.92. The molecule has 1 amide bonds. The molecule has 0 saturated carbocycles. The van der Waals surface area contributed by atoms with Crippen LogP contribution in [0, 0.1) is 10.1 Å². The predicted octanol–water partition coefficient (Wildman–Crippen LogP) is 3.14. The van der Waals surface area contributed by atoms with Crippen LogP contribution in [0.3, 0.4) is 0 Å². The number of nitro benzene ring substituents is 1. The maximum atomic E-state index is 12.1. The standard InChI is InChI=1S/C21H26N4O4/c1-23-12-14-24(15-13-23)18-10-8-17(9-11-18)22-21(26)7-4-16-29-20-6-3-2-5-19(20)25(27)28/h2-3,5-6,8-11H,4,7,12-16H2,1H3,(H,22,26). The van der Waals surface area contributed by atoms with Gasteiger partial charge in [0.1, 0.15) is 0 Å². The third-order valence-corrected chi connectivity index (χ3v) is 4.89. The third-order valence-electron chi connectivity index (χ3n) is 4.89. The Morgan fingerprint density at radius 3 is 2.48 bits per heavy atom. The molecule has 0 unspecified atom stereocenters. The van der Waals surface area contributed by atoms with Gasteiger partial charge in [0.2, 0.25) is 5.91 Å². The summed E-state index contributed by atoms with van der Waals surface area (Å²) in [6.07, 6.45) is 0.748. The van der Waals surface area contributed by atoms with Crippen LogP contribution < -0.4 is 15.0 Å². The summed E-state index contributed by atoms with van der Waals surface area (Å²) in [5.41, 5.74) is 1.85. The maximum absolute atomic E-state index is 12.1. The normalized spacial score (nSPS) is 14.4. The van der Waals surface area contributed by atoms with Crippen molar-refractivity contribution in [2.45, 2.75) is 12.8 Å². The highest BCUT2D eigenvalue weighted by molar-refractivity contribution is 5.90. The van der Waals surface area contributed by atoms with Crippen LogP contribution in [0.15, 0.2) is 48.5 Å². The molecule has 0 aromatic heterocycles. The van der Waals surface area contributed by atoms with Crippen molar-refractivity contribution in [2.75, 3.05) is 50.1 Å². The fourth-order valence-electron chi connectivity index (χ4n) is 3.19. The van der Waals surface area contributed by atoms with Crippen LogP contribution in [0.2, 0.25) is 0 Å². The number of nitrogens with one attached hydrogen (secondary N) is 1. The minimum absolute atomic E-state index is 0.0719. The number of benzene rings is 2. The van der Waals surface area contributed by atoms with Gasteiger partial charge in [-0.2, -0.15) is 0 Å². The minimum atomic E-state index is -0.478. The van der Waals surface area contributed by atoms with Gasteiger partial charge in [-0.1, -0.05) is 12.1 Å². The molecule has 1 aliphatic heterocycles. The summed E-state index contributed by atoms with van der Waals surface area (Å²) in [4.78, 5) is 27.3. The molecule has 154 valence electrons. The molecule has 0 bridgehead atoms. The Hall–Kier alpha value is -3.13. The number of nitrogens with zero attached hydrogens (tertiary/aromatic N) is 3. The van der Waals surface area contributed by atoms with Crippen molar-refractivity contribution in [2.24, 2.45) is 0 Å². The smallest absolute Gasteiger partial charge is 0.310 e. The van der Waals surface area contributed by atoms with Crippen LogP contribution in [0.4, 0.5) is 17.1 Å². The topological polar surface area (TPSA) is 88.0 Å². The largest absolute Gasteiger partial charge is 0.487 e. The Morgan fingerprint density at radius 1 is 1.10 bits per heavy atom. The van der Waals surface area contributed by atoms with Crippen LogP contribution in [0.25, 0.3) is 0 Å². The molecule has 0 spiro atoms. The molecule has 1 heterocycles. The number of nitro groups is 1. The SMILES string of the molecule is CN1CCN(c2ccc(NC(=O)CCCOc3ccccc3[N+](=O)[O-])cc2)CC1. The van der Waals surface area contributed by atoms with E-state index in [1.165, 1.54) is 6.07 Å². The van der Waals surface area contributed by atoms with E-state index in [1.807, 2.05) is 24.3 Å². The van der Waals surface area contributed by atoms with Crippen molar-refractivity contribution in [3.8, 4) is 5.75 Å². The number of likely N-dealkylation sites (N-methyl/N-ethyl adjacent to an activating group) is 1. The first-order valence-electron chi connectivity index (χ1n) is 9.72. The van der Waals surface area contributed by atoms with Gasteiger partial charge in [-0.15, -0.1) is 0 Å². The minimum Gasteiger partial charge on any atom is -0.487 e. The van der Waals surface area contributed by atoms with Crippen molar-refractivity contribution in [3.05, 3.63) is 58.6 Å². The monoisotopic (exact) mass is 398 g/mol. The fraction of sp³-hybridized carbons (Fsp3) is 0.381. The number of carbonyl (C=O) groups is 1. The molecule has 2 aromatic carbocycles. The van der Waals surface area contributed by atoms with Gasteiger partial charge < -0.3 is 19.9 Å². The lowest BCUT2D eigenvalue weighted by Crippen LogP contribution is -2.44. The molecular weight excluding hydrogens is 372 g/mol. The average molecular weight is 398 g/mol. The quantitative estimate of drug-likeness (QED) is 0.418. The molecule has 1 N–H and O–H groups in total. The zero-order valence-electron chi connectivity index (χ0n) is 16.5. The molecule has 1 aliphatic rings. The zero-order chi connectivity index (χ0) is 20.6. The number of rotatable bonds is 8. The summed E-state index contributed by atoms with van der Waals surface area (Å²) >= 11 is 0. The van der Waals surface area contributed by atoms with E-state index in [2.05, 4.69) is 22.2 Å². The maximum Gasteiger partial charge on any atom is 0.310 e. The second-order valence-corrected chi connectivity index (χ2v) is 7.06. The Bertz CT molecular complexity index is 833. The van der Waals surface area contributed by atoms with E-state index in [0.29, 0.717) is 6.42 Å². The van der Waals surface area contributed by atoms with E-state index in [4.69, 9.17) is 4.74 Å². The summed E-state index contributed by atoms with van der Waals surface area (Å²) in [5.74, 6) is 0.112. The summed E-state index contributed by atoms with van der Waals surface area (Å²) < 4.78 is 5.46. The van der Waals surface area contributed by atoms with E-state index >= 15 is 0 Å². The highest BCUT2D eigenvalue weighted by Gasteiger charge is 2.15. The van der Waals surface area contributed by atoms with Gasteiger partial charge in [0.05, 0.1) is 11.5 Å². The van der Waals surface area contributed by atoms with Crippen LogP contribution in [-0.4, -0.2) is 55.6 Å². The molecule has 2 aromatic rings. The molecule has 0 radical (unpaired) electrons. The van der Waals surface area contributed by atoms with Gasteiger partial charge in [0.15, 0.2) is 5.75 Å². The first-order valence-corrected chi connectivity index (χ1v) is 9.72. The Morgan fingerprint density at radius 2 is 1.79 bits per heavy atom. The number of anilines is 2. The van der Waals surface area contributed by atoms with Gasteiger partial charge >= 0.3 is 5.69 Å². The van der Waals surface area contributed by atoms with E-state index < -0.39 is 4.92 Å². The lowest BCUT2D eigenvalue weighted by Gasteiger charge is -2.34. The summed E-state index contributed by atoms with van der Waals surface area (Å²) in [7, 11) is 2.13. The second kappa shape index (κ2) is 9.88. The Kier molecular flexibility index (Phi) is 7.02. The van der Waals surface area contributed by atoms with Crippen LogP contribution in [0.5, 0.6) is 5.75 Å². The molecular formula is C21H26N4O4. The highest BCUT2D eigenvalue weighted by Crippen LogP contribution is 2.26. The number of hydrogen-bond acceptors (Lipinski definition) is 6. The van der Waals surface area contributed by atoms with Crippen LogP contribution >= 0.6 is 0 Å². The van der Waals surface area contributed by atoms with E-state index in [9.17, 15) is 14.9 Å². The average Bonchev–Trinajstić information content (AvgIpc) is 2.72. The second-order valence-electron chi connectivity index (χ2n) is 7.06. The lowest BCUT2D eigenvalue weighted by atomic mass is 10.2. The van der Waals surface area contributed by atoms with Gasteiger partial charge in [-0.05, 0) is 43.8 Å². The first-order chi connectivity index (χ1) is 14.0. The number of carbonyl (C=O) groups excluding carboxylic acids is 1. The van der Waals surface area contributed by atoms with Gasteiger partial charge in [-0.25, -0.2) is 0 Å². The molecule has 8 nitrogen and oxygen atoms in total.